The zero-order valence-electron chi connectivity index (χ0n) is 6.06. The fourth-order valence-electron chi connectivity index (χ4n) is 1.11. The van der Waals surface area contributed by atoms with E-state index in [1.807, 2.05) is 0 Å². The molecule has 1 rings (SSSR count). The van der Waals surface area contributed by atoms with Crippen LogP contribution in [0.4, 0.5) is 0 Å². The average molecular weight is 151 g/mol. The quantitative estimate of drug-likeness (QED) is 0.443. The fourth-order valence-corrected chi connectivity index (χ4v) is 1.11. The van der Waals surface area contributed by atoms with Crippen LogP contribution in [0.1, 0.15) is 6.42 Å². The molecule has 11 heavy (non-hydrogen) atoms. The van der Waals surface area contributed by atoms with Crippen molar-refractivity contribution in [2.75, 3.05) is 0 Å². The molecule has 1 aliphatic rings. The number of allylic oxidation sites excluding steroid dienone is 1. The molecule has 0 bridgehead atoms. The molecule has 0 spiro atoms. The van der Waals surface area contributed by atoms with Crippen LogP contribution < -0.4 is 0 Å². The maximum atomic E-state index is 10.8. The van der Waals surface area contributed by atoms with E-state index < -0.39 is 6.04 Å². The van der Waals surface area contributed by atoms with E-state index in [1.54, 1.807) is 6.08 Å². The molecule has 1 aliphatic carbocycles. The van der Waals surface area contributed by atoms with Gasteiger partial charge in [-0.3, -0.25) is 4.79 Å². The number of carbonyl (C=O) groups excluding carboxylic acids is 1. The summed E-state index contributed by atoms with van der Waals surface area (Å²) in [6, 6.07) is -0.398. The minimum Gasteiger partial charge on any atom is -0.295 e. The molecule has 0 aromatic carbocycles. The van der Waals surface area contributed by atoms with Crippen LogP contribution in [0, 0.1) is 10.8 Å². The van der Waals surface area contributed by atoms with Crippen LogP contribution >= 0.6 is 0 Å². The van der Waals surface area contributed by atoms with Gasteiger partial charge in [-0.25, -0.2) is 0 Å². The lowest BCUT2D eigenvalue weighted by molar-refractivity contribution is -0.115. The standard InChI is InChI=1S/C8H9NO2/c1-2-6-5-7(10)3-4-8(6)9-11/h2-4,6,8H,1,5H2/t6-,8-/m1/s1. The lowest BCUT2D eigenvalue weighted by Crippen LogP contribution is -2.21. The number of hydrogen-bond acceptors (Lipinski definition) is 3. The Morgan fingerprint density at radius 3 is 3.00 bits per heavy atom. The molecule has 0 saturated heterocycles. The highest BCUT2D eigenvalue weighted by molar-refractivity contribution is 5.91. The van der Waals surface area contributed by atoms with Gasteiger partial charge in [0.25, 0.3) is 0 Å². The van der Waals surface area contributed by atoms with Crippen molar-refractivity contribution in [1.82, 2.24) is 0 Å². The Hall–Kier alpha value is -1.25. The van der Waals surface area contributed by atoms with E-state index in [9.17, 15) is 9.70 Å². The molecule has 0 aromatic rings. The summed E-state index contributed by atoms with van der Waals surface area (Å²) in [6.07, 6.45) is 4.90. The maximum absolute atomic E-state index is 10.8. The predicted molar refractivity (Wildman–Crippen MR) is 42.0 cm³/mol. The molecule has 0 aromatic heterocycles. The Morgan fingerprint density at radius 1 is 1.73 bits per heavy atom. The molecule has 0 N–H and O–H groups in total. The Bertz CT molecular complexity index is 220. The van der Waals surface area contributed by atoms with Crippen molar-refractivity contribution in [3.63, 3.8) is 0 Å². The average Bonchev–Trinajstić information content (AvgIpc) is 2.04. The second-order valence-corrected chi connectivity index (χ2v) is 2.53. The predicted octanol–water partition coefficient (Wildman–Crippen LogP) is 1.45. The molecule has 2 atom stereocenters. The molecule has 3 nitrogen and oxygen atoms in total. The van der Waals surface area contributed by atoms with E-state index in [1.165, 1.54) is 12.2 Å². The molecule has 58 valence electrons. The summed E-state index contributed by atoms with van der Waals surface area (Å²) in [5.41, 5.74) is 0. The van der Waals surface area contributed by atoms with E-state index in [0.29, 0.717) is 6.42 Å². The zero-order chi connectivity index (χ0) is 8.27. The van der Waals surface area contributed by atoms with E-state index in [-0.39, 0.29) is 11.7 Å². The van der Waals surface area contributed by atoms with Gasteiger partial charge in [0, 0.05) is 12.3 Å². The van der Waals surface area contributed by atoms with Crippen LogP contribution in [0.5, 0.6) is 0 Å². The monoisotopic (exact) mass is 151 g/mol. The van der Waals surface area contributed by atoms with Gasteiger partial charge in [0.15, 0.2) is 5.78 Å². The highest BCUT2D eigenvalue weighted by atomic mass is 16.3. The zero-order valence-corrected chi connectivity index (χ0v) is 6.06. The summed E-state index contributed by atoms with van der Waals surface area (Å²) in [6.45, 7) is 3.53. The highest BCUT2D eigenvalue weighted by Crippen LogP contribution is 2.19. The van der Waals surface area contributed by atoms with E-state index in [4.69, 9.17) is 0 Å². The van der Waals surface area contributed by atoms with Crippen LogP contribution in [-0.2, 0) is 4.79 Å². The van der Waals surface area contributed by atoms with Gasteiger partial charge in [0.2, 0.25) is 0 Å². The molecule has 0 amide bonds. The topological polar surface area (TPSA) is 46.5 Å². The molecule has 0 aliphatic heterocycles. The summed E-state index contributed by atoms with van der Waals surface area (Å²) >= 11 is 0. The molecule has 0 heterocycles. The van der Waals surface area contributed by atoms with E-state index >= 15 is 0 Å². The van der Waals surface area contributed by atoms with E-state index in [0.717, 1.165) is 0 Å². The smallest absolute Gasteiger partial charge is 0.156 e. The number of rotatable bonds is 2. The number of ketones is 1. The number of carbonyl (C=O) groups is 1. The number of nitroso groups, excluding NO2 is 1. The summed E-state index contributed by atoms with van der Waals surface area (Å²) < 4.78 is 0. The molecule has 0 saturated carbocycles. The minimum absolute atomic E-state index is 0.0369. The first-order valence-corrected chi connectivity index (χ1v) is 3.44. The van der Waals surface area contributed by atoms with Crippen LogP contribution in [0.3, 0.4) is 0 Å². The third-order valence-corrected chi connectivity index (χ3v) is 1.78. The van der Waals surface area contributed by atoms with Gasteiger partial charge >= 0.3 is 0 Å². The second kappa shape index (κ2) is 3.23. The molecular weight excluding hydrogens is 142 g/mol. The molecule has 3 heteroatoms. The van der Waals surface area contributed by atoms with Gasteiger partial charge < -0.3 is 0 Å². The van der Waals surface area contributed by atoms with Crippen molar-refractivity contribution < 1.29 is 4.79 Å². The normalized spacial score (nSPS) is 30.0. The Labute approximate surface area is 64.8 Å². The molecular formula is C8H9NO2. The van der Waals surface area contributed by atoms with Crippen molar-refractivity contribution in [3.8, 4) is 0 Å². The van der Waals surface area contributed by atoms with Gasteiger partial charge in [-0.05, 0) is 6.08 Å². The summed E-state index contributed by atoms with van der Waals surface area (Å²) in [4.78, 5) is 21.0. The van der Waals surface area contributed by atoms with Gasteiger partial charge in [-0.2, -0.15) is 4.91 Å². The van der Waals surface area contributed by atoms with Crippen molar-refractivity contribution >= 4 is 5.78 Å². The third kappa shape index (κ3) is 1.61. The number of hydrogen-bond donors (Lipinski definition) is 0. The van der Waals surface area contributed by atoms with Crippen LogP contribution in [-0.4, -0.2) is 11.8 Å². The van der Waals surface area contributed by atoms with Gasteiger partial charge in [-0.15, -0.1) is 6.58 Å². The van der Waals surface area contributed by atoms with E-state index in [2.05, 4.69) is 11.8 Å². The largest absolute Gasteiger partial charge is 0.295 e. The summed E-state index contributed by atoms with van der Waals surface area (Å²) in [7, 11) is 0. The molecule has 0 radical (unpaired) electrons. The van der Waals surface area contributed by atoms with Crippen molar-refractivity contribution in [1.29, 1.82) is 0 Å². The summed E-state index contributed by atoms with van der Waals surface area (Å²) in [5, 5.41) is 2.87. The first-order valence-electron chi connectivity index (χ1n) is 3.44. The van der Waals surface area contributed by atoms with Gasteiger partial charge in [0.1, 0.15) is 6.04 Å². The number of nitrogens with zero attached hydrogens (tertiary/aromatic N) is 1. The molecule has 0 unspecified atom stereocenters. The Kier molecular flexibility index (Phi) is 2.31. The van der Waals surface area contributed by atoms with Crippen LogP contribution in [0.15, 0.2) is 30.0 Å². The van der Waals surface area contributed by atoms with Gasteiger partial charge in [-0.1, -0.05) is 17.3 Å². The second-order valence-electron chi connectivity index (χ2n) is 2.53. The van der Waals surface area contributed by atoms with Gasteiger partial charge in [0.05, 0.1) is 0 Å². The SMILES string of the molecule is C=C[C@@H]1CC(=O)C=C[C@H]1N=O. The Morgan fingerprint density at radius 2 is 2.45 bits per heavy atom. The fraction of sp³-hybridized carbons (Fsp3) is 0.375. The van der Waals surface area contributed by atoms with Crippen molar-refractivity contribution in [3.05, 3.63) is 29.7 Å². The lowest BCUT2D eigenvalue weighted by atomic mass is 9.90. The lowest BCUT2D eigenvalue weighted by Gasteiger charge is -2.16. The first-order chi connectivity index (χ1) is 5.27. The van der Waals surface area contributed by atoms with Crippen LogP contribution in [0.2, 0.25) is 0 Å². The summed E-state index contributed by atoms with van der Waals surface area (Å²) in [5.74, 6) is -0.0696. The maximum Gasteiger partial charge on any atom is 0.156 e. The van der Waals surface area contributed by atoms with Crippen molar-refractivity contribution in [2.45, 2.75) is 12.5 Å². The highest BCUT2D eigenvalue weighted by Gasteiger charge is 2.22. The minimum atomic E-state index is -0.398. The first kappa shape index (κ1) is 7.85. The molecule has 0 fully saturated rings. The van der Waals surface area contributed by atoms with Crippen molar-refractivity contribution in [2.24, 2.45) is 11.1 Å². The third-order valence-electron chi connectivity index (χ3n) is 1.78. The van der Waals surface area contributed by atoms with Crippen LogP contribution in [0.25, 0.3) is 0 Å². The Balaban J connectivity index is 2.78.